The summed E-state index contributed by atoms with van der Waals surface area (Å²) in [5, 5.41) is 11.0. The van der Waals surface area contributed by atoms with E-state index >= 15 is 0 Å². The van der Waals surface area contributed by atoms with Crippen molar-refractivity contribution >= 4 is 22.0 Å². The average molecular weight is 438 g/mol. The number of hydrogen-bond acceptors (Lipinski definition) is 4. The van der Waals surface area contributed by atoms with Gasteiger partial charge >= 0.3 is 0 Å². The van der Waals surface area contributed by atoms with Gasteiger partial charge in [0.05, 0.1) is 15.7 Å². The van der Waals surface area contributed by atoms with Gasteiger partial charge in [-0.2, -0.15) is 0 Å². The molecule has 0 bridgehead atoms. The largest absolute Gasteiger partial charge is 0.356 e. The minimum Gasteiger partial charge on any atom is -0.356 e. The van der Waals surface area contributed by atoms with Crippen LogP contribution in [0.5, 0.6) is 0 Å². The van der Waals surface area contributed by atoms with Crippen LogP contribution < -0.4 is 5.14 Å². The Morgan fingerprint density at radius 3 is 2.65 bits per heavy atom. The zero-order valence-electron chi connectivity index (χ0n) is 17.4. The Morgan fingerprint density at radius 1 is 1.13 bits per heavy atom. The second-order valence-corrected chi connectivity index (χ2v) is 9.94. The van der Waals surface area contributed by atoms with Crippen molar-refractivity contribution < 1.29 is 13.1 Å². The van der Waals surface area contributed by atoms with E-state index in [0.29, 0.717) is 24.1 Å². The highest BCUT2D eigenvalue weighted by Gasteiger charge is 2.31. The lowest BCUT2D eigenvalue weighted by Gasteiger charge is -2.28. The van der Waals surface area contributed by atoms with E-state index in [1.807, 2.05) is 62.4 Å². The molecule has 1 unspecified atom stereocenters. The fourth-order valence-electron chi connectivity index (χ4n) is 3.93. The van der Waals surface area contributed by atoms with Gasteiger partial charge in [0.2, 0.25) is 0 Å². The highest BCUT2D eigenvalue weighted by atomic mass is 32.2. The second-order valence-electron chi connectivity index (χ2n) is 8.24. The minimum absolute atomic E-state index is 0.108. The first-order valence-electron chi connectivity index (χ1n) is 10.1. The van der Waals surface area contributed by atoms with Crippen molar-refractivity contribution in [2.75, 3.05) is 0 Å². The first kappa shape index (κ1) is 21.3. The molecule has 0 aliphatic carbocycles. The van der Waals surface area contributed by atoms with E-state index < -0.39 is 15.7 Å². The van der Waals surface area contributed by atoms with E-state index in [1.165, 1.54) is 18.3 Å². The van der Waals surface area contributed by atoms with Crippen molar-refractivity contribution in [1.82, 2.24) is 10.1 Å². The molecule has 5 nitrogen and oxygen atoms in total. The molecule has 31 heavy (non-hydrogen) atoms. The zero-order chi connectivity index (χ0) is 22.0. The molecule has 0 radical (unpaired) electrons. The molecule has 160 valence electrons. The first-order valence-corrected chi connectivity index (χ1v) is 11.3. The first-order chi connectivity index (χ1) is 14.8. The molecular weight excluding hydrogens is 413 g/mol. The Bertz CT molecular complexity index is 1240. The molecular formula is C24H24FN3O2S. The van der Waals surface area contributed by atoms with Gasteiger partial charge < -0.3 is 4.52 Å². The molecule has 0 spiro atoms. The van der Waals surface area contributed by atoms with Crippen molar-refractivity contribution in [2.45, 2.75) is 37.4 Å². The lowest BCUT2D eigenvalue weighted by Crippen LogP contribution is -2.34. The topological polar surface area (TPSA) is 82.0 Å². The van der Waals surface area contributed by atoms with Gasteiger partial charge in [0, 0.05) is 22.8 Å². The monoisotopic (exact) mass is 437 g/mol. The number of benzene rings is 2. The maximum absolute atomic E-state index is 13.8. The number of nitrogens with two attached hydrogens (primary N) is 1. The molecule has 2 heterocycles. The summed E-state index contributed by atoms with van der Waals surface area (Å²) in [5.74, 6) is -0.440. The van der Waals surface area contributed by atoms with E-state index in [4.69, 9.17) is 9.66 Å². The van der Waals surface area contributed by atoms with Gasteiger partial charge in [0.25, 0.3) is 0 Å². The molecule has 2 atom stereocenters. The van der Waals surface area contributed by atoms with E-state index in [2.05, 4.69) is 10.1 Å². The Hall–Kier alpha value is -2.90. The summed E-state index contributed by atoms with van der Waals surface area (Å²) in [4.78, 5) is 4.34. The second kappa shape index (κ2) is 8.69. The van der Waals surface area contributed by atoms with Crippen LogP contribution in [0.15, 0.2) is 71.4 Å². The van der Waals surface area contributed by atoms with E-state index in [-0.39, 0.29) is 11.7 Å². The molecule has 7 heteroatoms. The predicted octanol–water partition coefficient (Wildman–Crippen LogP) is 5.15. The van der Waals surface area contributed by atoms with Crippen LogP contribution in [0.1, 0.15) is 37.4 Å². The lowest BCUT2D eigenvalue weighted by atomic mass is 9.83. The number of fused-ring (bicyclic) bond motifs is 1. The van der Waals surface area contributed by atoms with Gasteiger partial charge in [0.1, 0.15) is 11.5 Å². The molecule has 2 N–H and O–H groups in total. The van der Waals surface area contributed by atoms with Crippen LogP contribution in [-0.2, 0) is 17.4 Å². The van der Waals surface area contributed by atoms with Crippen LogP contribution in [0.2, 0.25) is 0 Å². The molecule has 0 amide bonds. The quantitative estimate of drug-likeness (QED) is 0.434. The fourth-order valence-corrected chi connectivity index (χ4v) is 4.29. The van der Waals surface area contributed by atoms with Crippen molar-refractivity contribution in [2.24, 2.45) is 5.14 Å². The fraction of sp³-hybridized carbons (Fsp3) is 0.250. The zero-order valence-corrected chi connectivity index (χ0v) is 18.2. The third kappa shape index (κ3) is 4.57. The summed E-state index contributed by atoms with van der Waals surface area (Å²) in [6, 6.07) is 18.4. The van der Waals surface area contributed by atoms with Crippen molar-refractivity contribution in [3.8, 4) is 11.3 Å². The van der Waals surface area contributed by atoms with E-state index in [9.17, 15) is 8.60 Å². The molecule has 2 aromatic carbocycles. The highest BCUT2D eigenvalue weighted by Crippen LogP contribution is 2.38. The van der Waals surface area contributed by atoms with Gasteiger partial charge in [0.15, 0.2) is 5.58 Å². The van der Waals surface area contributed by atoms with Gasteiger partial charge in [-0.1, -0.05) is 41.6 Å². The third-order valence-electron chi connectivity index (χ3n) is 5.55. The molecule has 4 rings (SSSR count). The summed E-state index contributed by atoms with van der Waals surface area (Å²) in [5.41, 5.74) is 4.01. The highest BCUT2D eigenvalue weighted by molar-refractivity contribution is 7.84. The number of nitrogens with zero attached hydrogens (tertiary/aromatic N) is 2. The Kier molecular flexibility index (Phi) is 5.98. The van der Waals surface area contributed by atoms with Gasteiger partial charge in [-0.25, -0.2) is 8.60 Å². The molecule has 0 saturated heterocycles. The number of pyridine rings is 1. The maximum atomic E-state index is 13.8. The average Bonchev–Trinajstić information content (AvgIpc) is 3.17. The molecule has 2 aromatic heterocycles. The van der Waals surface area contributed by atoms with Crippen LogP contribution in [0.25, 0.3) is 22.2 Å². The minimum atomic E-state index is -1.53. The number of halogens is 1. The summed E-state index contributed by atoms with van der Waals surface area (Å²) >= 11 is 0. The standard InChI is InChI=1S/C24H24FN3O2S/c1-24(2,31(26)29)15-16(13-18-14-17(25)11-12-27-18)19-7-3-4-8-20(19)23-21-9-5-6-10-22(21)30-28-23/h3-12,14,16H,13,15,26H2,1-2H3/t16-,31?/m0/s1. The van der Waals surface area contributed by atoms with Crippen LogP contribution in [0, 0.1) is 5.82 Å². The Balaban J connectivity index is 1.82. The summed E-state index contributed by atoms with van der Waals surface area (Å²) in [6.07, 6.45) is 2.47. The predicted molar refractivity (Wildman–Crippen MR) is 121 cm³/mol. The molecule has 0 fully saturated rings. The van der Waals surface area contributed by atoms with E-state index in [0.717, 1.165) is 22.2 Å². The number of para-hydroxylation sites is 1. The number of hydrogen-bond donors (Lipinski definition) is 1. The maximum Gasteiger partial charge on any atom is 0.167 e. The summed E-state index contributed by atoms with van der Waals surface area (Å²) in [7, 11) is -1.53. The van der Waals surface area contributed by atoms with Crippen molar-refractivity contribution in [3.63, 3.8) is 0 Å². The van der Waals surface area contributed by atoms with Crippen LogP contribution in [0.3, 0.4) is 0 Å². The molecule has 0 aliphatic rings. The summed E-state index contributed by atoms with van der Waals surface area (Å²) < 4.78 is 30.9. The molecule has 0 saturated carbocycles. The summed E-state index contributed by atoms with van der Waals surface area (Å²) in [6.45, 7) is 3.76. The molecule has 0 aliphatic heterocycles. The van der Waals surface area contributed by atoms with Crippen molar-refractivity contribution in [1.29, 1.82) is 0 Å². The Labute approximate surface area is 183 Å². The van der Waals surface area contributed by atoms with Crippen LogP contribution in [-0.4, -0.2) is 19.1 Å². The van der Waals surface area contributed by atoms with Crippen LogP contribution in [0.4, 0.5) is 4.39 Å². The SMILES string of the molecule is CC(C)(C[C@H](Cc1cc(F)ccn1)c1ccccc1-c1noc2ccccc12)S(N)=O. The number of rotatable bonds is 7. The van der Waals surface area contributed by atoms with Crippen LogP contribution >= 0.6 is 0 Å². The van der Waals surface area contributed by atoms with E-state index in [1.54, 1.807) is 0 Å². The Morgan fingerprint density at radius 2 is 1.87 bits per heavy atom. The number of aromatic nitrogens is 2. The smallest absolute Gasteiger partial charge is 0.167 e. The molecule has 4 aromatic rings. The van der Waals surface area contributed by atoms with Gasteiger partial charge in [-0.3, -0.25) is 10.1 Å². The third-order valence-corrected chi connectivity index (χ3v) is 6.81. The van der Waals surface area contributed by atoms with Crippen molar-refractivity contribution in [3.05, 3.63) is 83.9 Å². The lowest BCUT2D eigenvalue weighted by molar-refractivity contribution is 0.459. The van der Waals surface area contributed by atoms with Gasteiger partial charge in [-0.15, -0.1) is 0 Å². The normalized spacial score (nSPS) is 13.9. The van der Waals surface area contributed by atoms with Gasteiger partial charge in [-0.05, 0) is 62.4 Å².